The summed E-state index contributed by atoms with van der Waals surface area (Å²) in [6.07, 6.45) is 0.976. The molecule has 2 aromatic rings. The van der Waals surface area contributed by atoms with Crippen molar-refractivity contribution in [2.75, 3.05) is 30.9 Å². The lowest BCUT2D eigenvalue weighted by Gasteiger charge is -2.14. The molecule has 2 rings (SSSR count). The highest BCUT2D eigenvalue weighted by atomic mass is 32.1. The third kappa shape index (κ3) is 3.90. The van der Waals surface area contributed by atoms with Gasteiger partial charge in [0.1, 0.15) is 5.82 Å². The molecule has 5 nitrogen and oxygen atoms in total. The molecule has 0 saturated carbocycles. The summed E-state index contributed by atoms with van der Waals surface area (Å²) in [5.41, 5.74) is 1.34. The van der Waals surface area contributed by atoms with Gasteiger partial charge in [-0.05, 0) is 28.8 Å². The van der Waals surface area contributed by atoms with Crippen molar-refractivity contribution in [1.82, 2.24) is 15.0 Å². The maximum Gasteiger partial charge on any atom is 0.229 e. The van der Waals surface area contributed by atoms with Crippen LogP contribution in [0.25, 0.3) is 0 Å². The molecule has 2 aromatic heterocycles. The summed E-state index contributed by atoms with van der Waals surface area (Å²) < 4.78 is 0. The average molecular weight is 291 g/mol. The van der Waals surface area contributed by atoms with E-state index in [1.165, 1.54) is 5.56 Å². The molecular weight excluding hydrogens is 270 g/mol. The third-order valence-electron chi connectivity index (χ3n) is 2.83. The maximum absolute atomic E-state index is 4.48. The van der Waals surface area contributed by atoms with Gasteiger partial charge in [0, 0.05) is 26.6 Å². The highest BCUT2D eigenvalue weighted by Gasteiger charge is 2.10. The maximum atomic E-state index is 4.48. The first-order valence-corrected chi connectivity index (χ1v) is 7.69. The Kier molecular flexibility index (Phi) is 4.89. The molecule has 0 unspecified atom stereocenters. The SMILES string of the molecule is CC(C)c1nc(NCCc2ccsc2)nc(N(C)C)n1. The number of thiophene rings is 1. The van der Waals surface area contributed by atoms with Gasteiger partial charge in [0.25, 0.3) is 0 Å². The first-order valence-electron chi connectivity index (χ1n) is 6.74. The van der Waals surface area contributed by atoms with Crippen LogP contribution in [0.15, 0.2) is 16.8 Å². The van der Waals surface area contributed by atoms with Gasteiger partial charge < -0.3 is 10.2 Å². The molecule has 0 aliphatic heterocycles. The highest BCUT2D eigenvalue weighted by Crippen LogP contribution is 2.15. The Labute approximate surface area is 124 Å². The van der Waals surface area contributed by atoms with Crippen LogP contribution in [0.3, 0.4) is 0 Å². The lowest BCUT2D eigenvalue weighted by molar-refractivity contribution is 0.754. The van der Waals surface area contributed by atoms with E-state index in [0.29, 0.717) is 11.9 Å². The number of nitrogens with one attached hydrogen (secondary N) is 1. The average Bonchev–Trinajstić information content (AvgIpc) is 2.91. The fourth-order valence-electron chi connectivity index (χ4n) is 1.67. The molecular formula is C14H21N5S. The largest absolute Gasteiger partial charge is 0.354 e. The highest BCUT2D eigenvalue weighted by molar-refractivity contribution is 7.07. The van der Waals surface area contributed by atoms with Crippen molar-refractivity contribution in [2.45, 2.75) is 26.2 Å². The van der Waals surface area contributed by atoms with E-state index < -0.39 is 0 Å². The Bertz CT molecular complexity index is 510. The number of anilines is 2. The number of hydrogen-bond donors (Lipinski definition) is 1. The summed E-state index contributed by atoms with van der Waals surface area (Å²) in [6, 6.07) is 2.14. The van der Waals surface area contributed by atoms with E-state index in [2.05, 4.69) is 50.9 Å². The lowest BCUT2D eigenvalue weighted by atomic mass is 10.2. The number of rotatable bonds is 6. The molecule has 0 bridgehead atoms. The van der Waals surface area contributed by atoms with E-state index in [4.69, 9.17) is 0 Å². The fraction of sp³-hybridized carbons (Fsp3) is 0.500. The summed E-state index contributed by atoms with van der Waals surface area (Å²) in [7, 11) is 3.88. The van der Waals surface area contributed by atoms with Gasteiger partial charge in [-0.2, -0.15) is 26.3 Å². The van der Waals surface area contributed by atoms with Crippen LogP contribution in [0.5, 0.6) is 0 Å². The molecule has 0 atom stereocenters. The van der Waals surface area contributed by atoms with Crippen molar-refractivity contribution in [1.29, 1.82) is 0 Å². The van der Waals surface area contributed by atoms with Gasteiger partial charge in [-0.15, -0.1) is 0 Å². The number of hydrogen-bond acceptors (Lipinski definition) is 6. The van der Waals surface area contributed by atoms with E-state index in [0.717, 1.165) is 18.8 Å². The standard InChI is InChI=1S/C14H21N5S/c1-10(2)12-16-13(18-14(17-12)19(3)4)15-7-5-11-6-8-20-9-11/h6,8-10H,5,7H2,1-4H3,(H,15,16,17,18). The van der Waals surface area contributed by atoms with Crippen LogP contribution in [0.4, 0.5) is 11.9 Å². The second kappa shape index (κ2) is 6.65. The summed E-state index contributed by atoms with van der Waals surface area (Å²) in [4.78, 5) is 15.3. The fourth-order valence-corrected chi connectivity index (χ4v) is 2.37. The van der Waals surface area contributed by atoms with Crippen LogP contribution >= 0.6 is 11.3 Å². The molecule has 0 spiro atoms. The second-order valence-electron chi connectivity index (χ2n) is 5.17. The molecule has 0 radical (unpaired) electrons. The minimum atomic E-state index is 0.286. The molecule has 1 N–H and O–H groups in total. The molecule has 2 heterocycles. The molecule has 0 fully saturated rings. The minimum Gasteiger partial charge on any atom is -0.354 e. The van der Waals surface area contributed by atoms with Crippen LogP contribution < -0.4 is 10.2 Å². The Balaban J connectivity index is 2.06. The van der Waals surface area contributed by atoms with Gasteiger partial charge in [0.15, 0.2) is 0 Å². The van der Waals surface area contributed by atoms with Crippen molar-refractivity contribution in [3.63, 3.8) is 0 Å². The Morgan fingerprint density at radius 2 is 2.05 bits per heavy atom. The zero-order valence-electron chi connectivity index (χ0n) is 12.4. The van der Waals surface area contributed by atoms with Crippen molar-refractivity contribution in [3.8, 4) is 0 Å². The molecule has 0 saturated heterocycles. The van der Waals surface area contributed by atoms with Gasteiger partial charge in [-0.1, -0.05) is 13.8 Å². The van der Waals surface area contributed by atoms with E-state index in [1.807, 2.05) is 19.0 Å². The van der Waals surface area contributed by atoms with Gasteiger partial charge >= 0.3 is 0 Å². The Morgan fingerprint density at radius 1 is 1.25 bits per heavy atom. The van der Waals surface area contributed by atoms with Crippen LogP contribution in [0.1, 0.15) is 31.2 Å². The predicted molar refractivity (Wildman–Crippen MR) is 84.8 cm³/mol. The molecule has 0 amide bonds. The van der Waals surface area contributed by atoms with E-state index in [1.54, 1.807) is 11.3 Å². The molecule has 0 aliphatic carbocycles. The molecule has 6 heteroatoms. The zero-order valence-corrected chi connectivity index (χ0v) is 13.2. The van der Waals surface area contributed by atoms with Crippen molar-refractivity contribution < 1.29 is 0 Å². The molecule has 108 valence electrons. The Hall–Kier alpha value is -1.69. The monoisotopic (exact) mass is 291 g/mol. The summed E-state index contributed by atoms with van der Waals surface area (Å²) in [5, 5.41) is 7.55. The minimum absolute atomic E-state index is 0.286. The van der Waals surface area contributed by atoms with Crippen LogP contribution in [-0.4, -0.2) is 35.6 Å². The van der Waals surface area contributed by atoms with E-state index >= 15 is 0 Å². The van der Waals surface area contributed by atoms with E-state index in [-0.39, 0.29) is 5.92 Å². The quantitative estimate of drug-likeness (QED) is 0.887. The van der Waals surface area contributed by atoms with Crippen molar-refractivity contribution >= 4 is 23.2 Å². The van der Waals surface area contributed by atoms with Crippen LogP contribution in [-0.2, 0) is 6.42 Å². The van der Waals surface area contributed by atoms with Gasteiger partial charge in [0.2, 0.25) is 11.9 Å². The van der Waals surface area contributed by atoms with Crippen LogP contribution in [0, 0.1) is 0 Å². The molecule has 0 aliphatic rings. The van der Waals surface area contributed by atoms with Crippen molar-refractivity contribution in [3.05, 3.63) is 28.2 Å². The number of nitrogens with zero attached hydrogens (tertiary/aromatic N) is 4. The second-order valence-corrected chi connectivity index (χ2v) is 5.95. The first-order chi connectivity index (χ1) is 9.56. The first kappa shape index (κ1) is 14.7. The number of aromatic nitrogens is 3. The zero-order chi connectivity index (χ0) is 14.5. The topological polar surface area (TPSA) is 53.9 Å². The summed E-state index contributed by atoms with van der Waals surface area (Å²) in [6.45, 7) is 5.00. The van der Waals surface area contributed by atoms with Crippen LogP contribution in [0.2, 0.25) is 0 Å². The third-order valence-corrected chi connectivity index (χ3v) is 3.57. The lowest BCUT2D eigenvalue weighted by Crippen LogP contribution is -2.18. The Morgan fingerprint density at radius 3 is 2.65 bits per heavy atom. The van der Waals surface area contributed by atoms with Crippen molar-refractivity contribution in [2.24, 2.45) is 0 Å². The predicted octanol–water partition coefficient (Wildman–Crippen LogP) is 2.78. The smallest absolute Gasteiger partial charge is 0.229 e. The normalized spacial score (nSPS) is 10.8. The van der Waals surface area contributed by atoms with E-state index in [9.17, 15) is 0 Å². The summed E-state index contributed by atoms with van der Waals surface area (Å²) >= 11 is 1.72. The van der Waals surface area contributed by atoms with Gasteiger partial charge in [0.05, 0.1) is 0 Å². The van der Waals surface area contributed by atoms with Gasteiger partial charge in [-0.25, -0.2) is 0 Å². The molecule has 0 aromatic carbocycles. The molecule has 20 heavy (non-hydrogen) atoms. The summed E-state index contributed by atoms with van der Waals surface area (Å²) in [5.74, 6) is 2.46. The van der Waals surface area contributed by atoms with Gasteiger partial charge in [-0.3, -0.25) is 0 Å².